The van der Waals surface area contributed by atoms with Crippen LogP contribution in [0.5, 0.6) is 0 Å². The van der Waals surface area contributed by atoms with E-state index >= 15 is 0 Å². The molecule has 0 aliphatic carbocycles. The van der Waals surface area contributed by atoms with E-state index < -0.39 is 60.1 Å². The first kappa shape index (κ1) is 32.4. The van der Waals surface area contributed by atoms with Gasteiger partial charge < -0.3 is 29.6 Å². The molecule has 4 atom stereocenters. The van der Waals surface area contributed by atoms with Crippen LogP contribution in [0.2, 0.25) is 0 Å². The van der Waals surface area contributed by atoms with E-state index in [0.29, 0.717) is 8.95 Å². The molecule has 2 aromatic rings. The predicted octanol–water partition coefficient (Wildman–Crippen LogP) is 3.52. The number of carbonyl (C=O) groups is 6. The summed E-state index contributed by atoms with van der Waals surface area (Å²) >= 11 is 6.54. The Balaban J connectivity index is 2.60. The van der Waals surface area contributed by atoms with Gasteiger partial charge in [-0.1, -0.05) is 44.0 Å². The van der Waals surface area contributed by atoms with Gasteiger partial charge in [-0.25, -0.2) is 0 Å². The van der Waals surface area contributed by atoms with Crippen LogP contribution in [-0.4, -0.2) is 60.1 Å². The molecule has 12 nitrogen and oxygen atoms in total. The number of hydrogen-bond donors (Lipinski definition) is 2. The van der Waals surface area contributed by atoms with Gasteiger partial charge >= 0.3 is 23.9 Å². The smallest absolute Gasteiger partial charge is 0.303 e. The molecule has 214 valence electrons. The maximum atomic E-state index is 13.4. The normalized spacial score (nSPS) is 13.4. The van der Waals surface area contributed by atoms with Crippen LogP contribution in [0.15, 0.2) is 57.5 Å². The number of halogens is 2. The fourth-order valence-corrected chi connectivity index (χ4v) is 4.24. The molecule has 0 aromatic heterocycles. The Labute approximate surface area is 246 Å². The van der Waals surface area contributed by atoms with Gasteiger partial charge in [-0.15, -0.1) is 0 Å². The third-order valence-electron chi connectivity index (χ3n) is 4.81. The molecule has 0 aliphatic heterocycles. The van der Waals surface area contributed by atoms with E-state index in [1.54, 1.807) is 36.4 Å². The Bertz CT molecular complexity index is 1190. The van der Waals surface area contributed by atoms with Gasteiger partial charge in [-0.05, 0) is 36.4 Å². The lowest BCUT2D eigenvalue weighted by Gasteiger charge is -2.34. The van der Waals surface area contributed by atoms with Gasteiger partial charge in [0.05, 0.1) is 0 Å². The van der Waals surface area contributed by atoms with Crippen molar-refractivity contribution < 1.29 is 47.7 Å². The molecule has 4 unspecified atom stereocenters. The minimum Gasteiger partial charge on any atom is -0.454 e. The molecule has 0 saturated carbocycles. The minimum atomic E-state index is -1.96. The second-order valence-electron chi connectivity index (χ2n) is 8.21. The highest BCUT2D eigenvalue weighted by molar-refractivity contribution is 9.10. The molecule has 0 bridgehead atoms. The van der Waals surface area contributed by atoms with Crippen LogP contribution in [0.1, 0.15) is 27.7 Å². The van der Waals surface area contributed by atoms with Crippen molar-refractivity contribution in [3.63, 3.8) is 0 Å². The highest BCUT2D eigenvalue weighted by Gasteiger charge is 2.49. The van der Waals surface area contributed by atoms with Gasteiger partial charge in [0.15, 0.2) is 12.2 Å². The fourth-order valence-electron chi connectivity index (χ4n) is 3.44. The molecule has 2 N–H and O–H groups in total. The number of hydrogen-bond acceptors (Lipinski definition) is 10. The van der Waals surface area contributed by atoms with Crippen molar-refractivity contribution in [3.05, 3.63) is 57.5 Å². The van der Waals surface area contributed by atoms with Crippen LogP contribution in [0.25, 0.3) is 0 Å². The number of rotatable bonds is 11. The average Bonchev–Trinajstić information content (AvgIpc) is 2.83. The molecule has 0 saturated heterocycles. The zero-order valence-electron chi connectivity index (χ0n) is 21.8. The first-order valence-electron chi connectivity index (χ1n) is 11.6. The lowest BCUT2D eigenvalue weighted by Crippen LogP contribution is -2.57. The molecule has 2 rings (SSSR count). The summed E-state index contributed by atoms with van der Waals surface area (Å²) in [6.45, 7) is 3.96. The van der Waals surface area contributed by atoms with Crippen molar-refractivity contribution in [2.24, 2.45) is 0 Å². The van der Waals surface area contributed by atoms with Gasteiger partial charge in [0.2, 0.25) is 12.2 Å². The SMILES string of the molecule is CC(=O)OC(C(=O)Nc1cccc(Br)c1)C(OC(C)=O)C(OC(C)=O)C(OC(C)=O)C(=O)Nc1cccc(Br)c1. The third kappa shape index (κ3) is 10.4. The van der Waals surface area contributed by atoms with Gasteiger partial charge in [0.25, 0.3) is 11.8 Å². The molecule has 40 heavy (non-hydrogen) atoms. The van der Waals surface area contributed by atoms with Crippen molar-refractivity contribution >= 4 is 78.9 Å². The summed E-state index contributed by atoms with van der Waals surface area (Å²) in [6, 6.07) is 12.8. The van der Waals surface area contributed by atoms with E-state index in [0.717, 1.165) is 27.7 Å². The Morgan fingerprint density at radius 2 is 0.900 bits per heavy atom. The highest BCUT2D eigenvalue weighted by Crippen LogP contribution is 2.24. The van der Waals surface area contributed by atoms with Gasteiger partial charge in [0.1, 0.15) is 0 Å². The standard InChI is InChI=1S/C26H26Br2N2O10/c1-13(31)37-21(23(39-15(3)33)25(35)29-19-9-5-7-17(27)11-19)22(38-14(2)32)24(40-16(4)34)26(36)30-20-10-6-8-18(28)12-20/h5-12,21-24H,1-4H3,(H,29,35)(H,30,36). The summed E-state index contributed by atoms with van der Waals surface area (Å²) < 4.78 is 22.2. The van der Waals surface area contributed by atoms with E-state index in [-0.39, 0.29) is 11.4 Å². The Morgan fingerprint density at radius 3 is 1.18 bits per heavy atom. The summed E-state index contributed by atoms with van der Waals surface area (Å²) in [7, 11) is 0. The van der Waals surface area contributed by atoms with E-state index in [4.69, 9.17) is 18.9 Å². The van der Waals surface area contributed by atoms with Crippen molar-refractivity contribution in [1.82, 2.24) is 0 Å². The molecule has 0 radical (unpaired) electrons. The van der Waals surface area contributed by atoms with E-state index in [2.05, 4.69) is 42.5 Å². The summed E-state index contributed by atoms with van der Waals surface area (Å²) in [4.78, 5) is 75.1. The van der Waals surface area contributed by atoms with Crippen LogP contribution in [0.4, 0.5) is 11.4 Å². The van der Waals surface area contributed by atoms with Crippen LogP contribution in [0.3, 0.4) is 0 Å². The summed E-state index contributed by atoms with van der Waals surface area (Å²) in [5.41, 5.74) is 0.539. The Hall–Kier alpha value is -3.78. The maximum Gasteiger partial charge on any atom is 0.303 e. The molecule has 14 heteroatoms. The second kappa shape index (κ2) is 15.1. The van der Waals surface area contributed by atoms with E-state index in [9.17, 15) is 28.8 Å². The van der Waals surface area contributed by atoms with Gasteiger partial charge in [0, 0.05) is 48.0 Å². The van der Waals surface area contributed by atoms with Crippen molar-refractivity contribution in [3.8, 4) is 0 Å². The lowest BCUT2D eigenvalue weighted by molar-refractivity contribution is -0.198. The molecule has 2 aromatic carbocycles. The zero-order valence-corrected chi connectivity index (χ0v) is 24.9. The van der Waals surface area contributed by atoms with Crippen LogP contribution in [-0.2, 0) is 47.7 Å². The Morgan fingerprint density at radius 1 is 0.575 bits per heavy atom. The number of carbonyl (C=O) groups excluding carboxylic acids is 6. The van der Waals surface area contributed by atoms with Crippen molar-refractivity contribution in [2.45, 2.75) is 52.1 Å². The summed E-state index contributed by atoms with van der Waals surface area (Å²) in [5, 5.41) is 5.03. The molecule has 0 heterocycles. The number of benzene rings is 2. The topological polar surface area (TPSA) is 163 Å². The van der Waals surface area contributed by atoms with Crippen molar-refractivity contribution in [1.29, 1.82) is 0 Å². The number of amides is 2. The highest BCUT2D eigenvalue weighted by atomic mass is 79.9. The second-order valence-corrected chi connectivity index (χ2v) is 10.0. The van der Waals surface area contributed by atoms with Gasteiger partial charge in [-0.2, -0.15) is 0 Å². The molecule has 2 amide bonds. The lowest BCUT2D eigenvalue weighted by atomic mass is 10.00. The molecule has 0 aliphatic rings. The number of anilines is 2. The van der Waals surface area contributed by atoms with E-state index in [1.807, 2.05) is 0 Å². The number of ether oxygens (including phenoxy) is 4. The van der Waals surface area contributed by atoms with E-state index in [1.165, 1.54) is 12.1 Å². The number of esters is 4. The molecule has 0 spiro atoms. The summed E-state index contributed by atoms with van der Waals surface area (Å²) in [6.07, 6.45) is -7.78. The first-order chi connectivity index (χ1) is 18.8. The van der Waals surface area contributed by atoms with Crippen LogP contribution < -0.4 is 10.6 Å². The monoisotopic (exact) mass is 684 g/mol. The predicted molar refractivity (Wildman–Crippen MR) is 148 cm³/mol. The summed E-state index contributed by atoms with van der Waals surface area (Å²) in [5.74, 6) is -5.88. The maximum absolute atomic E-state index is 13.4. The molecule has 0 fully saturated rings. The fraction of sp³-hybridized carbons (Fsp3) is 0.308. The largest absolute Gasteiger partial charge is 0.454 e. The average molecular weight is 686 g/mol. The quantitative estimate of drug-likeness (QED) is 0.264. The van der Waals surface area contributed by atoms with Gasteiger partial charge in [-0.3, -0.25) is 28.8 Å². The third-order valence-corrected chi connectivity index (χ3v) is 5.80. The zero-order chi connectivity index (χ0) is 30.0. The molecular formula is C26H26Br2N2O10. The van der Waals surface area contributed by atoms with Crippen molar-refractivity contribution in [2.75, 3.05) is 10.6 Å². The van der Waals surface area contributed by atoms with Crippen LogP contribution in [0, 0.1) is 0 Å². The first-order valence-corrected chi connectivity index (χ1v) is 13.2. The van der Waals surface area contributed by atoms with Crippen LogP contribution >= 0.6 is 31.9 Å². The minimum absolute atomic E-state index is 0.270. The number of nitrogens with one attached hydrogen (secondary N) is 2. The molecular weight excluding hydrogens is 660 g/mol. The Kier molecular flexibility index (Phi) is 12.3.